The minimum Gasteiger partial charge on any atom is -0.477 e. The first-order valence-corrected chi connectivity index (χ1v) is 8.51. The van der Waals surface area contributed by atoms with Gasteiger partial charge in [-0.3, -0.25) is 4.98 Å². The van der Waals surface area contributed by atoms with Crippen molar-refractivity contribution in [3.63, 3.8) is 0 Å². The minimum atomic E-state index is -3.65. The molecule has 132 valence electrons. The molecule has 1 heterocycles. The van der Waals surface area contributed by atoms with Crippen LogP contribution in [0.4, 0.5) is 13.2 Å². The van der Waals surface area contributed by atoms with Gasteiger partial charge in [0, 0.05) is 17.5 Å². The normalized spacial score (nSPS) is 29.1. The molecule has 4 rings (SSSR count). The Bertz CT molecular complexity index is 825. The number of carboxylic acid groups (broad SMARTS) is 1. The van der Waals surface area contributed by atoms with E-state index in [4.69, 9.17) is 5.11 Å². The average Bonchev–Trinajstić information content (AvgIpc) is 3.13. The molecule has 0 amide bonds. The first-order chi connectivity index (χ1) is 11.9. The number of carboxylic acids is 1. The zero-order valence-electron chi connectivity index (χ0n) is 13.5. The van der Waals surface area contributed by atoms with Crippen LogP contribution in [0.3, 0.4) is 0 Å². The number of rotatable bonds is 3. The van der Waals surface area contributed by atoms with E-state index in [1.165, 1.54) is 12.1 Å². The largest absolute Gasteiger partial charge is 0.477 e. The minimum absolute atomic E-state index is 0.108. The predicted octanol–water partition coefficient (Wildman–Crippen LogP) is 4.61. The van der Waals surface area contributed by atoms with E-state index in [9.17, 15) is 18.0 Å². The number of hydrogen-bond acceptors (Lipinski definition) is 2. The predicted molar refractivity (Wildman–Crippen MR) is 86.0 cm³/mol. The smallest absolute Gasteiger partial charge is 0.374 e. The molecule has 0 aliphatic heterocycles. The van der Waals surface area contributed by atoms with E-state index in [1.807, 2.05) is 6.07 Å². The third kappa shape index (κ3) is 2.68. The van der Waals surface area contributed by atoms with Gasteiger partial charge in [-0.25, -0.2) is 9.18 Å². The molecule has 2 aliphatic carbocycles. The molecule has 3 nitrogen and oxygen atoms in total. The Balaban J connectivity index is 1.56. The lowest BCUT2D eigenvalue weighted by atomic mass is 9.89. The summed E-state index contributed by atoms with van der Waals surface area (Å²) in [6.07, 6.45) is 3.68. The molecule has 0 spiro atoms. The molecule has 0 saturated heterocycles. The number of benzene rings is 1. The maximum atomic E-state index is 13.8. The van der Waals surface area contributed by atoms with Gasteiger partial charge in [-0.1, -0.05) is 0 Å². The van der Waals surface area contributed by atoms with Crippen LogP contribution < -0.4 is 0 Å². The summed E-state index contributed by atoms with van der Waals surface area (Å²) in [5.74, 6) is -6.67. The molecule has 0 bridgehead atoms. The highest BCUT2D eigenvalue weighted by atomic mass is 19.3. The van der Waals surface area contributed by atoms with Crippen molar-refractivity contribution in [3.8, 4) is 0 Å². The first kappa shape index (κ1) is 16.4. The van der Waals surface area contributed by atoms with Crippen LogP contribution in [-0.4, -0.2) is 22.0 Å². The number of carbonyl (C=O) groups is 1. The van der Waals surface area contributed by atoms with Gasteiger partial charge < -0.3 is 5.11 Å². The standard InChI is InChI=1S/C19H18F3NO2/c20-14-1-2-17-16(9-14)15(3-4-23-17)12-5-10-7-13(8-11(10)6-12)19(21,22)18(24)25/h1-4,9-13H,5-8H2,(H,24,25)/t10-,11?,12-,13+/m1/s1. The van der Waals surface area contributed by atoms with Crippen LogP contribution in [0.5, 0.6) is 0 Å². The van der Waals surface area contributed by atoms with Crippen molar-refractivity contribution in [2.24, 2.45) is 17.8 Å². The number of fused-ring (bicyclic) bond motifs is 2. The van der Waals surface area contributed by atoms with Gasteiger partial charge in [0.25, 0.3) is 0 Å². The molecule has 2 saturated carbocycles. The molecule has 2 aromatic rings. The van der Waals surface area contributed by atoms with Gasteiger partial charge >= 0.3 is 11.9 Å². The summed E-state index contributed by atoms with van der Waals surface area (Å²) < 4.78 is 41.2. The van der Waals surface area contributed by atoms with Crippen LogP contribution in [0.25, 0.3) is 10.9 Å². The second-order valence-corrected chi connectivity index (χ2v) is 7.35. The van der Waals surface area contributed by atoms with Crippen molar-refractivity contribution < 1.29 is 23.1 Å². The lowest BCUT2D eigenvalue weighted by molar-refractivity contribution is -0.173. The SMILES string of the molecule is O=C(O)C(F)(F)[C@@H]1CC2C[C@H](c3ccnc4ccc(F)cc34)C[C@@H]2C1. The molecule has 1 N–H and O–H groups in total. The summed E-state index contributed by atoms with van der Waals surface area (Å²) in [5, 5.41) is 9.52. The van der Waals surface area contributed by atoms with Gasteiger partial charge in [0.15, 0.2) is 0 Å². The highest BCUT2D eigenvalue weighted by Gasteiger charge is 2.54. The molecule has 2 aliphatic rings. The van der Waals surface area contributed by atoms with E-state index in [2.05, 4.69) is 4.98 Å². The number of hydrogen-bond donors (Lipinski definition) is 1. The maximum Gasteiger partial charge on any atom is 0.374 e. The number of pyridine rings is 1. The van der Waals surface area contributed by atoms with Crippen LogP contribution in [0.15, 0.2) is 30.5 Å². The van der Waals surface area contributed by atoms with Crippen molar-refractivity contribution in [2.75, 3.05) is 0 Å². The summed E-state index contributed by atoms with van der Waals surface area (Å²) in [4.78, 5) is 15.1. The first-order valence-electron chi connectivity index (χ1n) is 8.51. The molecule has 0 radical (unpaired) electrons. The molecule has 1 aromatic heterocycles. The fraction of sp³-hybridized carbons (Fsp3) is 0.474. The Hall–Kier alpha value is -2.11. The van der Waals surface area contributed by atoms with E-state index >= 15 is 0 Å². The summed E-state index contributed by atoms with van der Waals surface area (Å²) in [6.45, 7) is 0. The lowest BCUT2D eigenvalue weighted by Crippen LogP contribution is -2.36. The Kier molecular flexibility index (Phi) is 3.74. The number of alkyl halides is 2. The Morgan fingerprint density at radius 3 is 2.44 bits per heavy atom. The summed E-state index contributed by atoms with van der Waals surface area (Å²) in [5.41, 5.74) is 1.74. The molecule has 6 heteroatoms. The number of halogens is 3. The van der Waals surface area contributed by atoms with Crippen LogP contribution in [-0.2, 0) is 4.79 Å². The van der Waals surface area contributed by atoms with Gasteiger partial charge in [0.05, 0.1) is 5.52 Å². The van der Waals surface area contributed by atoms with Crippen molar-refractivity contribution >= 4 is 16.9 Å². The Morgan fingerprint density at radius 2 is 1.80 bits per heavy atom. The second kappa shape index (κ2) is 5.71. The molecule has 25 heavy (non-hydrogen) atoms. The van der Waals surface area contributed by atoms with E-state index in [0.717, 1.165) is 29.3 Å². The molecule has 2 fully saturated rings. The zero-order chi connectivity index (χ0) is 17.8. The topological polar surface area (TPSA) is 50.2 Å². The Labute approximate surface area is 142 Å². The maximum absolute atomic E-state index is 13.8. The third-order valence-electron chi connectivity index (χ3n) is 5.99. The molecule has 4 atom stereocenters. The van der Waals surface area contributed by atoms with E-state index in [0.29, 0.717) is 0 Å². The van der Waals surface area contributed by atoms with Crippen molar-refractivity contribution in [2.45, 2.75) is 37.5 Å². The van der Waals surface area contributed by atoms with Crippen molar-refractivity contribution in [1.29, 1.82) is 0 Å². The van der Waals surface area contributed by atoms with Gasteiger partial charge in [-0.2, -0.15) is 8.78 Å². The number of aromatic nitrogens is 1. The summed E-state index contributed by atoms with van der Waals surface area (Å²) in [6, 6.07) is 6.39. The highest BCUT2D eigenvalue weighted by Crippen LogP contribution is 2.56. The van der Waals surface area contributed by atoms with E-state index in [1.54, 1.807) is 12.3 Å². The molecule has 1 aromatic carbocycles. The molecular weight excluding hydrogens is 331 g/mol. The quantitative estimate of drug-likeness (QED) is 0.880. The monoisotopic (exact) mass is 349 g/mol. The number of nitrogens with zero attached hydrogens (tertiary/aromatic N) is 1. The van der Waals surface area contributed by atoms with Gasteiger partial charge in [0.2, 0.25) is 0 Å². The summed E-state index contributed by atoms with van der Waals surface area (Å²) in [7, 11) is 0. The Morgan fingerprint density at radius 1 is 1.12 bits per heavy atom. The fourth-order valence-electron chi connectivity index (χ4n) is 4.84. The third-order valence-corrected chi connectivity index (χ3v) is 5.99. The van der Waals surface area contributed by atoms with Crippen LogP contribution in [0, 0.1) is 23.6 Å². The average molecular weight is 349 g/mol. The fourth-order valence-corrected chi connectivity index (χ4v) is 4.84. The van der Waals surface area contributed by atoms with Gasteiger partial charge in [-0.05, 0) is 73.3 Å². The second-order valence-electron chi connectivity index (χ2n) is 7.35. The highest BCUT2D eigenvalue weighted by molar-refractivity contribution is 5.82. The lowest BCUT2D eigenvalue weighted by Gasteiger charge is -2.21. The van der Waals surface area contributed by atoms with E-state index in [-0.39, 0.29) is 36.4 Å². The van der Waals surface area contributed by atoms with Crippen molar-refractivity contribution in [1.82, 2.24) is 4.98 Å². The van der Waals surface area contributed by atoms with Gasteiger partial charge in [-0.15, -0.1) is 0 Å². The van der Waals surface area contributed by atoms with E-state index < -0.39 is 17.8 Å². The van der Waals surface area contributed by atoms with Crippen LogP contribution in [0.2, 0.25) is 0 Å². The van der Waals surface area contributed by atoms with Crippen LogP contribution in [0.1, 0.15) is 37.2 Å². The van der Waals surface area contributed by atoms with Crippen LogP contribution >= 0.6 is 0 Å². The summed E-state index contributed by atoms with van der Waals surface area (Å²) >= 11 is 0. The molecular formula is C19H18F3NO2. The van der Waals surface area contributed by atoms with Gasteiger partial charge in [0.1, 0.15) is 5.82 Å². The molecule has 1 unspecified atom stereocenters. The number of aliphatic carboxylic acids is 1. The van der Waals surface area contributed by atoms with Crippen molar-refractivity contribution in [3.05, 3.63) is 41.8 Å². The zero-order valence-corrected chi connectivity index (χ0v) is 13.5.